The number of nitrogens with one attached hydrogen (secondary N) is 2. The van der Waals surface area contributed by atoms with Crippen LogP contribution in [0, 0.1) is 0 Å². The Labute approximate surface area is 289 Å². The van der Waals surface area contributed by atoms with Crippen LogP contribution < -0.4 is 15.4 Å². The van der Waals surface area contributed by atoms with Crippen molar-refractivity contribution >= 4 is 35.0 Å². The van der Waals surface area contributed by atoms with Crippen molar-refractivity contribution in [3.05, 3.63) is 99.0 Å². The van der Waals surface area contributed by atoms with Crippen molar-refractivity contribution in [2.75, 3.05) is 46.4 Å². The number of nitrogens with zero attached hydrogens (tertiary/aromatic N) is 3. The van der Waals surface area contributed by atoms with Gasteiger partial charge in [-0.25, -0.2) is 0 Å². The monoisotopic (exact) mass is 705 g/mol. The Morgan fingerprint density at radius 3 is 1.90 bits per heavy atom. The first-order valence-corrected chi connectivity index (χ1v) is 16.7. The van der Waals surface area contributed by atoms with Crippen molar-refractivity contribution in [2.45, 2.75) is 50.7 Å². The molecule has 0 radical (unpaired) electrons. The number of likely N-dealkylation sites (N-methyl/N-ethyl adjacent to an activating group) is 1. The molecule has 48 heavy (non-hydrogen) atoms. The van der Waals surface area contributed by atoms with Crippen LogP contribution in [0.2, 0.25) is 10.0 Å². The predicted molar refractivity (Wildman–Crippen MR) is 180 cm³/mol. The number of rotatable bonds is 9. The van der Waals surface area contributed by atoms with Crippen LogP contribution in [0.1, 0.15) is 55.1 Å². The van der Waals surface area contributed by atoms with Crippen LogP contribution in [0.15, 0.2) is 66.7 Å². The van der Waals surface area contributed by atoms with Gasteiger partial charge in [0.2, 0.25) is 5.91 Å². The van der Waals surface area contributed by atoms with Crippen LogP contribution in [0.3, 0.4) is 0 Å². The maximum absolute atomic E-state index is 14.9. The number of amides is 2. The molecule has 13 heteroatoms. The molecular weight excluding hydrogens is 666 g/mol. The molecule has 5 rings (SSSR count). The summed E-state index contributed by atoms with van der Waals surface area (Å²) >= 11 is 12.5. The van der Waals surface area contributed by atoms with E-state index in [4.69, 9.17) is 27.9 Å². The van der Waals surface area contributed by atoms with Gasteiger partial charge in [0.05, 0.1) is 30.8 Å². The highest BCUT2D eigenvalue weighted by molar-refractivity contribution is 6.30. The Hall–Kier alpha value is -3.35. The molecule has 2 unspecified atom stereocenters. The second-order valence-electron chi connectivity index (χ2n) is 12.4. The van der Waals surface area contributed by atoms with E-state index in [0.29, 0.717) is 36.2 Å². The molecule has 2 amide bonds. The first kappa shape index (κ1) is 35.9. The van der Waals surface area contributed by atoms with Crippen molar-refractivity contribution < 1.29 is 27.5 Å². The van der Waals surface area contributed by atoms with E-state index in [0.717, 1.165) is 23.3 Å². The summed E-state index contributed by atoms with van der Waals surface area (Å²) in [6.45, 7) is 7.40. The maximum Gasteiger partial charge on any atom is 0.416 e. The van der Waals surface area contributed by atoms with E-state index in [-0.39, 0.29) is 42.3 Å². The number of benzene rings is 3. The summed E-state index contributed by atoms with van der Waals surface area (Å²) in [4.78, 5) is 33.1. The maximum atomic E-state index is 14.9. The number of hydrogen-bond acceptors (Lipinski definition) is 6. The number of ether oxygens (including phenoxy) is 1. The van der Waals surface area contributed by atoms with E-state index in [1.807, 2.05) is 43.0 Å². The molecule has 0 bridgehead atoms. The number of hydrogen-bond donors (Lipinski definition) is 2. The molecule has 2 heterocycles. The normalized spacial score (nSPS) is 21.8. The Balaban J connectivity index is 1.57. The standard InChI is InChI=1S/C35H40Cl2F3N5O3/c1-5-48-29-20-25(35(38,39)40)10-15-28(29)34(33(47)45-18-16-44(17-19-45)21-30(46)43(4)22(2)3)41-31(23-6-11-26(36)12-7-23)32(42-34)24-8-13-27(37)14-9-24/h6-15,20,22,31-32,41-42H,5,16-19,21H2,1-4H3. The Morgan fingerprint density at radius 2 is 1.44 bits per heavy atom. The van der Waals surface area contributed by atoms with Crippen molar-refractivity contribution in [3.63, 3.8) is 0 Å². The smallest absolute Gasteiger partial charge is 0.416 e. The van der Waals surface area contributed by atoms with Crippen molar-refractivity contribution in [2.24, 2.45) is 0 Å². The number of halogens is 5. The summed E-state index contributed by atoms with van der Waals surface area (Å²) < 4.78 is 47.5. The van der Waals surface area contributed by atoms with Gasteiger partial charge in [-0.15, -0.1) is 0 Å². The van der Waals surface area contributed by atoms with Gasteiger partial charge in [-0.05, 0) is 68.3 Å². The third-order valence-electron chi connectivity index (χ3n) is 9.06. The molecule has 2 aliphatic heterocycles. The molecule has 0 spiro atoms. The SMILES string of the molecule is CCOc1cc(C(F)(F)F)ccc1C1(C(=O)N2CCN(CC(=O)N(C)C(C)C)CC2)NC(c2ccc(Cl)cc2)C(c2ccc(Cl)cc2)N1. The van der Waals surface area contributed by atoms with Gasteiger partial charge in [-0.2, -0.15) is 13.2 Å². The number of carbonyl (C=O) groups excluding carboxylic acids is 2. The van der Waals surface area contributed by atoms with Gasteiger partial charge >= 0.3 is 6.18 Å². The first-order valence-electron chi connectivity index (χ1n) is 15.9. The zero-order chi connectivity index (χ0) is 34.8. The van der Waals surface area contributed by atoms with E-state index in [1.54, 1.807) is 48.0 Å². The molecule has 8 nitrogen and oxygen atoms in total. The molecule has 3 aromatic carbocycles. The number of carbonyl (C=O) groups is 2. The lowest BCUT2D eigenvalue weighted by Crippen LogP contribution is -2.62. The molecular formula is C35H40Cl2F3N5O3. The van der Waals surface area contributed by atoms with Gasteiger partial charge in [0.25, 0.3) is 5.91 Å². The van der Waals surface area contributed by atoms with Gasteiger partial charge in [0.15, 0.2) is 5.66 Å². The molecule has 2 saturated heterocycles. The fraction of sp³-hybridized carbons (Fsp3) is 0.429. The Kier molecular flexibility index (Phi) is 11.0. The Bertz CT molecular complexity index is 1540. The zero-order valence-electron chi connectivity index (χ0n) is 27.3. The molecule has 0 aliphatic carbocycles. The molecule has 0 saturated carbocycles. The van der Waals surface area contributed by atoms with Crippen LogP contribution in [-0.2, 0) is 21.4 Å². The Morgan fingerprint density at radius 1 is 0.917 bits per heavy atom. The van der Waals surface area contributed by atoms with E-state index in [1.165, 1.54) is 6.07 Å². The highest BCUT2D eigenvalue weighted by Gasteiger charge is 2.55. The predicted octanol–water partition coefficient (Wildman–Crippen LogP) is 6.25. The van der Waals surface area contributed by atoms with Crippen LogP contribution >= 0.6 is 23.2 Å². The van der Waals surface area contributed by atoms with E-state index in [2.05, 4.69) is 10.6 Å². The minimum Gasteiger partial charge on any atom is -0.493 e. The molecule has 2 N–H and O–H groups in total. The number of piperazine rings is 1. The summed E-state index contributed by atoms with van der Waals surface area (Å²) in [5, 5.41) is 8.13. The second-order valence-corrected chi connectivity index (χ2v) is 13.3. The summed E-state index contributed by atoms with van der Waals surface area (Å²) in [5.74, 6) is -0.444. The highest BCUT2D eigenvalue weighted by atomic mass is 35.5. The fourth-order valence-electron chi connectivity index (χ4n) is 6.18. The summed E-state index contributed by atoms with van der Waals surface area (Å²) in [6.07, 6.45) is -4.62. The zero-order valence-corrected chi connectivity index (χ0v) is 28.8. The van der Waals surface area contributed by atoms with Gasteiger partial charge < -0.3 is 14.5 Å². The van der Waals surface area contributed by atoms with Crippen LogP contribution in [0.25, 0.3) is 0 Å². The third kappa shape index (κ3) is 7.60. The quantitative estimate of drug-likeness (QED) is 0.274. The lowest BCUT2D eigenvalue weighted by molar-refractivity contribution is -0.142. The van der Waals surface area contributed by atoms with Crippen molar-refractivity contribution in [1.29, 1.82) is 0 Å². The fourth-order valence-corrected chi connectivity index (χ4v) is 6.43. The lowest BCUT2D eigenvalue weighted by Gasteiger charge is -2.41. The minimum atomic E-state index is -4.62. The molecule has 258 valence electrons. The van der Waals surface area contributed by atoms with E-state index < -0.39 is 29.5 Å². The van der Waals surface area contributed by atoms with Crippen molar-refractivity contribution in [3.8, 4) is 5.75 Å². The summed E-state index contributed by atoms with van der Waals surface area (Å²) in [6, 6.07) is 16.7. The molecule has 0 aromatic heterocycles. The average Bonchev–Trinajstić information content (AvgIpc) is 3.46. The molecule has 2 aliphatic rings. The largest absolute Gasteiger partial charge is 0.493 e. The van der Waals surface area contributed by atoms with Gasteiger partial charge in [0, 0.05) is 54.9 Å². The first-order chi connectivity index (χ1) is 22.7. The van der Waals surface area contributed by atoms with Gasteiger partial charge in [0.1, 0.15) is 5.75 Å². The second kappa shape index (κ2) is 14.6. The average molecular weight is 707 g/mol. The van der Waals surface area contributed by atoms with E-state index >= 15 is 0 Å². The highest BCUT2D eigenvalue weighted by Crippen LogP contribution is 2.46. The number of alkyl halides is 3. The topological polar surface area (TPSA) is 77.2 Å². The van der Waals surface area contributed by atoms with Crippen molar-refractivity contribution in [1.82, 2.24) is 25.3 Å². The van der Waals surface area contributed by atoms with Gasteiger partial charge in [-0.3, -0.25) is 25.1 Å². The lowest BCUT2D eigenvalue weighted by atomic mass is 9.94. The van der Waals surface area contributed by atoms with Crippen LogP contribution in [0.4, 0.5) is 13.2 Å². The summed E-state index contributed by atoms with van der Waals surface area (Å²) in [7, 11) is 1.77. The third-order valence-corrected chi connectivity index (χ3v) is 9.56. The minimum absolute atomic E-state index is 0.0110. The van der Waals surface area contributed by atoms with Crippen LogP contribution in [0.5, 0.6) is 5.75 Å². The molecule has 2 atom stereocenters. The van der Waals surface area contributed by atoms with Gasteiger partial charge in [-0.1, -0.05) is 53.5 Å². The van der Waals surface area contributed by atoms with E-state index in [9.17, 15) is 22.8 Å². The van der Waals surface area contributed by atoms with Crippen LogP contribution in [-0.4, -0.2) is 78.9 Å². The molecule has 2 fully saturated rings. The summed E-state index contributed by atoms with van der Waals surface area (Å²) in [5.41, 5.74) is -0.732. The molecule has 3 aromatic rings.